The lowest BCUT2D eigenvalue weighted by Crippen LogP contribution is -2.12. The van der Waals surface area contributed by atoms with Crippen molar-refractivity contribution in [2.24, 2.45) is 5.14 Å². The first-order valence-electron chi connectivity index (χ1n) is 5.40. The first-order chi connectivity index (χ1) is 9.81. The SMILES string of the molecule is NS(=O)(=O)c1ccc(Nc2nc(CCl)cs2)c([N+](=O)[O-])c1. The number of rotatable bonds is 5. The molecule has 8 nitrogen and oxygen atoms in total. The third kappa shape index (κ3) is 3.67. The van der Waals surface area contributed by atoms with Crippen LogP contribution in [-0.4, -0.2) is 18.3 Å². The number of hydrogen-bond acceptors (Lipinski definition) is 7. The Morgan fingerprint density at radius 1 is 1.48 bits per heavy atom. The highest BCUT2D eigenvalue weighted by Gasteiger charge is 2.19. The maximum absolute atomic E-state index is 11.2. The number of benzene rings is 1. The molecule has 2 aromatic rings. The smallest absolute Gasteiger partial charge is 0.294 e. The molecule has 1 aromatic carbocycles. The van der Waals surface area contributed by atoms with Crippen molar-refractivity contribution in [2.45, 2.75) is 10.8 Å². The van der Waals surface area contributed by atoms with Crippen LogP contribution >= 0.6 is 22.9 Å². The molecule has 0 fully saturated rings. The van der Waals surface area contributed by atoms with Crippen LogP contribution in [0.2, 0.25) is 0 Å². The average Bonchev–Trinajstić information content (AvgIpc) is 2.85. The van der Waals surface area contributed by atoms with Crippen LogP contribution in [0, 0.1) is 10.1 Å². The van der Waals surface area contributed by atoms with Gasteiger partial charge in [-0.2, -0.15) is 0 Å². The number of aromatic nitrogens is 1. The van der Waals surface area contributed by atoms with Crippen LogP contribution in [0.5, 0.6) is 0 Å². The van der Waals surface area contributed by atoms with E-state index in [1.165, 1.54) is 23.5 Å². The van der Waals surface area contributed by atoms with Gasteiger partial charge in [0.15, 0.2) is 5.13 Å². The van der Waals surface area contributed by atoms with E-state index >= 15 is 0 Å². The fourth-order valence-corrected chi connectivity index (χ4v) is 2.97. The van der Waals surface area contributed by atoms with Gasteiger partial charge in [-0.1, -0.05) is 0 Å². The lowest BCUT2D eigenvalue weighted by atomic mass is 10.2. The van der Waals surface area contributed by atoms with Crippen LogP contribution < -0.4 is 10.5 Å². The number of hydrogen-bond donors (Lipinski definition) is 2. The molecule has 0 radical (unpaired) electrons. The predicted molar refractivity (Wildman–Crippen MR) is 79.4 cm³/mol. The molecule has 0 saturated heterocycles. The Balaban J connectivity index is 2.41. The van der Waals surface area contributed by atoms with E-state index in [0.717, 1.165) is 6.07 Å². The van der Waals surface area contributed by atoms with Crippen molar-refractivity contribution in [3.05, 3.63) is 39.4 Å². The van der Waals surface area contributed by atoms with Crippen molar-refractivity contribution in [1.29, 1.82) is 0 Å². The van der Waals surface area contributed by atoms with Crippen LogP contribution in [0.25, 0.3) is 0 Å². The zero-order valence-electron chi connectivity index (χ0n) is 10.3. The van der Waals surface area contributed by atoms with Crippen LogP contribution in [0.15, 0.2) is 28.5 Å². The number of nitrogens with one attached hydrogen (secondary N) is 1. The Kier molecular flexibility index (Phi) is 4.42. The van der Waals surface area contributed by atoms with Gasteiger partial charge < -0.3 is 5.32 Å². The summed E-state index contributed by atoms with van der Waals surface area (Å²) in [6.45, 7) is 0. The molecular formula is C10H9ClN4O4S2. The van der Waals surface area contributed by atoms with Crippen molar-refractivity contribution < 1.29 is 13.3 Å². The summed E-state index contributed by atoms with van der Waals surface area (Å²) in [4.78, 5) is 14.1. The maximum Gasteiger partial charge on any atom is 0.294 e. The molecule has 0 saturated carbocycles. The van der Waals surface area contributed by atoms with Gasteiger partial charge in [0.25, 0.3) is 5.69 Å². The van der Waals surface area contributed by atoms with E-state index in [9.17, 15) is 18.5 Å². The van der Waals surface area contributed by atoms with E-state index in [1.807, 2.05) is 0 Å². The molecule has 112 valence electrons. The minimum Gasteiger partial charge on any atom is -0.326 e. The monoisotopic (exact) mass is 348 g/mol. The number of sulfonamides is 1. The Hall–Kier alpha value is -1.75. The Bertz CT molecular complexity index is 790. The average molecular weight is 349 g/mol. The van der Waals surface area contributed by atoms with Crippen LogP contribution in [0.1, 0.15) is 5.69 Å². The molecule has 0 aliphatic rings. The van der Waals surface area contributed by atoms with Gasteiger partial charge in [0, 0.05) is 11.4 Å². The minimum absolute atomic E-state index is 0.114. The zero-order valence-corrected chi connectivity index (χ0v) is 12.7. The molecule has 11 heteroatoms. The zero-order chi connectivity index (χ0) is 15.6. The van der Waals surface area contributed by atoms with Gasteiger partial charge in [0.1, 0.15) is 5.69 Å². The fraction of sp³-hybridized carbons (Fsp3) is 0.100. The van der Waals surface area contributed by atoms with E-state index in [0.29, 0.717) is 10.8 Å². The van der Waals surface area contributed by atoms with Crippen molar-refractivity contribution in [2.75, 3.05) is 5.32 Å². The number of anilines is 2. The van der Waals surface area contributed by atoms with Crippen LogP contribution in [-0.2, 0) is 15.9 Å². The number of alkyl halides is 1. The second kappa shape index (κ2) is 5.93. The summed E-state index contributed by atoms with van der Waals surface area (Å²) in [5.74, 6) is 0.227. The highest BCUT2D eigenvalue weighted by atomic mass is 35.5. The first kappa shape index (κ1) is 15.6. The number of nitro benzene ring substituents is 1. The van der Waals surface area contributed by atoms with Crippen molar-refractivity contribution in [3.63, 3.8) is 0 Å². The number of halogens is 1. The summed E-state index contributed by atoms with van der Waals surface area (Å²) < 4.78 is 22.5. The summed E-state index contributed by atoms with van der Waals surface area (Å²) in [6, 6.07) is 3.34. The summed E-state index contributed by atoms with van der Waals surface area (Å²) in [6.07, 6.45) is 0. The summed E-state index contributed by atoms with van der Waals surface area (Å²) >= 11 is 6.85. The van der Waals surface area contributed by atoms with E-state index in [-0.39, 0.29) is 16.5 Å². The largest absolute Gasteiger partial charge is 0.326 e. The van der Waals surface area contributed by atoms with Gasteiger partial charge in [-0.25, -0.2) is 18.5 Å². The van der Waals surface area contributed by atoms with Gasteiger partial charge in [-0.3, -0.25) is 10.1 Å². The van der Waals surface area contributed by atoms with Gasteiger partial charge >= 0.3 is 0 Å². The highest BCUT2D eigenvalue weighted by molar-refractivity contribution is 7.89. The van der Waals surface area contributed by atoms with Crippen molar-refractivity contribution >= 4 is 49.5 Å². The van der Waals surface area contributed by atoms with Gasteiger partial charge in [0.05, 0.1) is 21.4 Å². The predicted octanol–water partition coefficient (Wildman–Crippen LogP) is 2.18. The number of thiazole rings is 1. The molecule has 0 bridgehead atoms. The van der Waals surface area contributed by atoms with Crippen molar-refractivity contribution in [1.82, 2.24) is 4.98 Å². The van der Waals surface area contributed by atoms with Gasteiger partial charge in [-0.05, 0) is 12.1 Å². The molecule has 1 heterocycles. The van der Waals surface area contributed by atoms with E-state index in [4.69, 9.17) is 16.7 Å². The lowest BCUT2D eigenvalue weighted by molar-refractivity contribution is -0.384. The third-order valence-electron chi connectivity index (χ3n) is 2.42. The lowest BCUT2D eigenvalue weighted by Gasteiger charge is -2.05. The molecular weight excluding hydrogens is 340 g/mol. The molecule has 0 amide bonds. The Labute approximate surface area is 128 Å². The number of nitro groups is 1. The quantitative estimate of drug-likeness (QED) is 0.484. The number of primary sulfonamides is 1. The topological polar surface area (TPSA) is 128 Å². The Morgan fingerprint density at radius 3 is 2.71 bits per heavy atom. The standard InChI is InChI=1S/C10H9ClN4O4S2/c11-4-6-5-20-10(13-6)14-8-2-1-7(21(12,18)19)3-9(8)15(16)17/h1-3,5H,4H2,(H,13,14)(H2,12,18,19). The minimum atomic E-state index is -4.01. The van der Waals surface area contributed by atoms with Crippen molar-refractivity contribution in [3.8, 4) is 0 Å². The normalized spacial score (nSPS) is 11.3. The third-order valence-corrected chi connectivity index (χ3v) is 4.42. The summed E-state index contributed by atoms with van der Waals surface area (Å²) in [5.41, 5.74) is 0.333. The summed E-state index contributed by atoms with van der Waals surface area (Å²) in [5, 5.41) is 20.9. The van der Waals surface area contributed by atoms with E-state index in [2.05, 4.69) is 10.3 Å². The molecule has 21 heavy (non-hydrogen) atoms. The molecule has 0 atom stereocenters. The van der Waals surface area contributed by atoms with Gasteiger partial charge in [-0.15, -0.1) is 22.9 Å². The molecule has 3 N–H and O–H groups in total. The maximum atomic E-state index is 11.2. The molecule has 0 unspecified atom stereocenters. The molecule has 0 aliphatic heterocycles. The first-order valence-corrected chi connectivity index (χ1v) is 8.36. The highest BCUT2D eigenvalue weighted by Crippen LogP contribution is 2.31. The van der Waals surface area contributed by atoms with Crippen LogP contribution in [0.4, 0.5) is 16.5 Å². The fourth-order valence-electron chi connectivity index (χ4n) is 1.49. The van der Waals surface area contributed by atoms with Crippen LogP contribution in [0.3, 0.4) is 0 Å². The van der Waals surface area contributed by atoms with E-state index < -0.39 is 20.6 Å². The Morgan fingerprint density at radius 2 is 2.19 bits per heavy atom. The number of nitrogens with zero attached hydrogens (tertiary/aromatic N) is 2. The summed E-state index contributed by atoms with van der Waals surface area (Å²) in [7, 11) is -4.01. The molecule has 1 aromatic heterocycles. The second-order valence-corrected chi connectivity index (χ2v) is 6.57. The number of nitrogens with two attached hydrogens (primary N) is 1. The molecule has 0 aliphatic carbocycles. The second-order valence-electron chi connectivity index (χ2n) is 3.88. The van der Waals surface area contributed by atoms with E-state index in [1.54, 1.807) is 5.38 Å². The molecule has 2 rings (SSSR count). The molecule has 0 spiro atoms. The van der Waals surface area contributed by atoms with Gasteiger partial charge in [0.2, 0.25) is 10.0 Å².